The van der Waals surface area contributed by atoms with Crippen LogP contribution < -0.4 is 0 Å². The molecule has 0 heterocycles. The molecule has 6 heteroatoms. The van der Waals surface area contributed by atoms with E-state index in [9.17, 15) is 13.2 Å². The Hall–Kier alpha value is -0.880. The van der Waals surface area contributed by atoms with E-state index < -0.39 is 9.84 Å². The molecule has 1 aromatic carbocycles. The number of carbonyl (C=O) groups is 1. The second kappa shape index (κ2) is 6.52. The first-order valence-electron chi connectivity index (χ1n) is 6.00. The van der Waals surface area contributed by atoms with Gasteiger partial charge in [-0.2, -0.15) is 0 Å². The number of hydrogen-bond donors (Lipinski definition) is 0. The Morgan fingerprint density at radius 1 is 1.42 bits per heavy atom. The maximum absolute atomic E-state index is 12.2. The maximum Gasteiger partial charge on any atom is 0.253 e. The lowest BCUT2D eigenvalue weighted by molar-refractivity contribution is 0.0756. The van der Waals surface area contributed by atoms with E-state index in [1.807, 2.05) is 6.07 Å². The number of hydrogen-bond acceptors (Lipinski definition) is 3. The lowest BCUT2D eigenvalue weighted by Crippen LogP contribution is -2.39. The Bertz CT molecular complexity index is 557. The van der Waals surface area contributed by atoms with Crippen LogP contribution in [0.5, 0.6) is 0 Å². The molecule has 0 aliphatic heterocycles. The highest BCUT2D eigenvalue weighted by Gasteiger charge is 2.22. The number of carbonyl (C=O) groups excluding carboxylic acids is 1. The minimum absolute atomic E-state index is 0.0141. The summed E-state index contributed by atoms with van der Waals surface area (Å²) in [5, 5.41) is 0. The van der Waals surface area contributed by atoms with Crippen LogP contribution in [-0.2, 0) is 9.84 Å². The molecule has 1 aromatic rings. The van der Waals surface area contributed by atoms with Crippen LogP contribution in [0.25, 0.3) is 0 Å². The molecule has 0 aliphatic carbocycles. The van der Waals surface area contributed by atoms with Crippen LogP contribution >= 0.6 is 15.9 Å². The van der Waals surface area contributed by atoms with E-state index in [4.69, 9.17) is 0 Å². The van der Waals surface area contributed by atoms with Gasteiger partial charge in [0.25, 0.3) is 5.91 Å². The van der Waals surface area contributed by atoms with Crippen molar-refractivity contribution < 1.29 is 13.2 Å². The van der Waals surface area contributed by atoms with Crippen LogP contribution in [0.3, 0.4) is 0 Å². The first-order valence-corrected chi connectivity index (χ1v) is 8.61. The summed E-state index contributed by atoms with van der Waals surface area (Å²) in [6, 6.07) is 6.70. The first-order chi connectivity index (χ1) is 8.76. The van der Waals surface area contributed by atoms with Crippen LogP contribution in [0.15, 0.2) is 28.7 Å². The van der Waals surface area contributed by atoms with Crippen molar-refractivity contribution in [3.05, 3.63) is 34.3 Å². The minimum atomic E-state index is -3.09. The van der Waals surface area contributed by atoms with Gasteiger partial charge in [-0.3, -0.25) is 4.79 Å². The van der Waals surface area contributed by atoms with Gasteiger partial charge in [0.2, 0.25) is 0 Å². The number of sulfone groups is 1. The molecule has 0 saturated heterocycles. The molecule has 1 atom stereocenters. The largest absolute Gasteiger partial charge is 0.338 e. The second-order valence-corrected chi connectivity index (χ2v) is 7.79. The summed E-state index contributed by atoms with van der Waals surface area (Å²) >= 11 is 3.31. The summed E-state index contributed by atoms with van der Waals surface area (Å²) < 4.78 is 24.0. The van der Waals surface area contributed by atoms with Crippen molar-refractivity contribution in [3.63, 3.8) is 0 Å². The Kier molecular flexibility index (Phi) is 5.55. The third-order valence-electron chi connectivity index (χ3n) is 2.99. The van der Waals surface area contributed by atoms with Crippen molar-refractivity contribution >= 4 is 31.7 Å². The van der Waals surface area contributed by atoms with Crippen molar-refractivity contribution in [3.8, 4) is 0 Å². The fourth-order valence-electron chi connectivity index (χ4n) is 1.62. The quantitative estimate of drug-likeness (QED) is 0.821. The third-order valence-corrected chi connectivity index (χ3v) is 5.35. The molecule has 106 valence electrons. The summed E-state index contributed by atoms with van der Waals surface area (Å²) in [7, 11) is -1.47. The minimum Gasteiger partial charge on any atom is -0.338 e. The Balaban J connectivity index is 2.83. The van der Waals surface area contributed by atoms with Crippen molar-refractivity contribution in [2.75, 3.05) is 18.6 Å². The molecule has 0 aliphatic rings. The van der Waals surface area contributed by atoms with Crippen LogP contribution in [0, 0.1) is 0 Å². The summed E-state index contributed by atoms with van der Waals surface area (Å²) in [5.74, 6) is -0.101. The van der Waals surface area contributed by atoms with Crippen LogP contribution in [-0.4, -0.2) is 43.8 Å². The van der Waals surface area contributed by atoms with Gasteiger partial charge in [0.05, 0.1) is 5.75 Å². The predicted molar refractivity (Wildman–Crippen MR) is 80.0 cm³/mol. The molecule has 0 unspecified atom stereocenters. The van der Waals surface area contributed by atoms with Gasteiger partial charge in [0, 0.05) is 28.9 Å². The number of benzene rings is 1. The van der Waals surface area contributed by atoms with Crippen molar-refractivity contribution in [1.29, 1.82) is 0 Å². The maximum atomic E-state index is 12.2. The molecule has 0 saturated carbocycles. The van der Waals surface area contributed by atoms with Gasteiger partial charge >= 0.3 is 0 Å². The zero-order valence-electron chi connectivity index (χ0n) is 11.3. The average Bonchev–Trinajstić information content (AvgIpc) is 2.36. The number of amides is 1. The van der Waals surface area contributed by atoms with Crippen LogP contribution in [0.4, 0.5) is 0 Å². The highest BCUT2D eigenvalue weighted by molar-refractivity contribution is 9.10. The average molecular weight is 348 g/mol. The molecular formula is C13H18BrNO3S. The van der Waals surface area contributed by atoms with Gasteiger partial charge in [0.15, 0.2) is 9.84 Å². The Morgan fingerprint density at radius 3 is 2.58 bits per heavy atom. The molecule has 0 fully saturated rings. The molecular weight excluding hydrogens is 330 g/mol. The van der Waals surface area contributed by atoms with E-state index >= 15 is 0 Å². The van der Waals surface area contributed by atoms with Gasteiger partial charge in [0.1, 0.15) is 0 Å². The second-order valence-electron chi connectivity index (χ2n) is 4.47. The van der Waals surface area contributed by atoms with Gasteiger partial charge in [-0.25, -0.2) is 8.42 Å². The van der Waals surface area contributed by atoms with Crippen molar-refractivity contribution in [1.82, 2.24) is 4.90 Å². The summed E-state index contributed by atoms with van der Waals surface area (Å²) in [6.45, 7) is 3.35. The lowest BCUT2D eigenvalue weighted by atomic mass is 10.2. The standard InChI is InChI=1S/C13H18BrNO3S/c1-4-19(17,18)9-10(2)15(3)13(16)11-6-5-7-12(14)8-11/h5-8,10H,4,9H2,1-3H3/t10-/m1/s1. The molecule has 1 rings (SSSR count). The monoisotopic (exact) mass is 347 g/mol. The van der Waals surface area contributed by atoms with Gasteiger partial charge in [-0.15, -0.1) is 0 Å². The van der Waals surface area contributed by atoms with E-state index in [0.717, 1.165) is 4.47 Å². The number of halogens is 1. The van der Waals surface area contributed by atoms with E-state index in [1.165, 1.54) is 4.90 Å². The number of rotatable bonds is 5. The van der Waals surface area contributed by atoms with Gasteiger partial charge in [-0.05, 0) is 25.1 Å². The van der Waals surface area contributed by atoms with Crippen molar-refractivity contribution in [2.45, 2.75) is 19.9 Å². The van der Waals surface area contributed by atoms with E-state index in [1.54, 1.807) is 39.1 Å². The third kappa shape index (κ3) is 4.62. The predicted octanol–water partition coefficient (Wildman–Crippen LogP) is 2.34. The lowest BCUT2D eigenvalue weighted by Gasteiger charge is -2.24. The van der Waals surface area contributed by atoms with Crippen LogP contribution in [0.2, 0.25) is 0 Å². The smallest absolute Gasteiger partial charge is 0.253 e. The number of nitrogens with zero attached hydrogens (tertiary/aromatic N) is 1. The topological polar surface area (TPSA) is 54.5 Å². The SMILES string of the molecule is CCS(=O)(=O)C[C@@H](C)N(C)C(=O)c1cccc(Br)c1. The normalized spacial score (nSPS) is 13.1. The van der Waals surface area contributed by atoms with E-state index in [2.05, 4.69) is 15.9 Å². The van der Waals surface area contributed by atoms with Crippen LogP contribution in [0.1, 0.15) is 24.2 Å². The molecule has 0 bridgehead atoms. The molecule has 0 aromatic heterocycles. The van der Waals surface area contributed by atoms with E-state index in [-0.39, 0.29) is 23.5 Å². The molecule has 1 amide bonds. The zero-order valence-corrected chi connectivity index (χ0v) is 13.7. The molecule has 19 heavy (non-hydrogen) atoms. The van der Waals surface area contributed by atoms with Gasteiger partial charge in [-0.1, -0.05) is 28.9 Å². The molecule has 0 N–H and O–H groups in total. The van der Waals surface area contributed by atoms with E-state index in [0.29, 0.717) is 5.56 Å². The fourth-order valence-corrected chi connectivity index (χ4v) is 3.22. The first kappa shape index (κ1) is 16.2. The highest BCUT2D eigenvalue weighted by atomic mass is 79.9. The Morgan fingerprint density at radius 2 is 2.05 bits per heavy atom. The van der Waals surface area contributed by atoms with Gasteiger partial charge < -0.3 is 4.90 Å². The summed E-state index contributed by atoms with van der Waals surface area (Å²) in [6.07, 6.45) is 0. The summed E-state index contributed by atoms with van der Waals surface area (Å²) in [4.78, 5) is 13.7. The zero-order chi connectivity index (χ0) is 14.6. The molecule has 0 radical (unpaired) electrons. The van der Waals surface area contributed by atoms with Crippen molar-refractivity contribution in [2.24, 2.45) is 0 Å². The molecule has 4 nitrogen and oxygen atoms in total. The highest BCUT2D eigenvalue weighted by Crippen LogP contribution is 2.14. The molecule has 0 spiro atoms. The fraction of sp³-hybridized carbons (Fsp3) is 0.462. The summed E-state index contributed by atoms with van der Waals surface area (Å²) in [5.41, 5.74) is 0.539. The Labute approximate surface area is 122 Å².